The normalized spacial score (nSPS) is 21.9. The molecule has 1 saturated heterocycles. The van der Waals surface area contributed by atoms with Crippen molar-refractivity contribution in [1.29, 1.82) is 0 Å². The van der Waals surface area contributed by atoms with E-state index in [4.69, 9.17) is 4.74 Å². The molecule has 0 spiro atoms. The van der Waals surface area contributed by atoms with Gasteiger partial charge in [0, 0.05) is 6.42 Å². The number of carbonyl (C=O) groups is 2. The van der Waals surface area contributed by atoms with Crippen LogP contribution in [-0.4, -0.2) is 29.1 Å². The molecule has 5 nitrogen and oxygen atoms in total. The zero-order chi connectivity index (χ0) is 13.0. The maximum absolute atomic E-state index is 11.4. The average molecular weight is 249 g/mol. The maximum atomic E-state index is 11.4. The van der Waals surface area contributed by atoms with Gasteiger partial charge in [0.25, 0.3) is 5.91 Å². The first-order valence-electron chi connectivity index (χ1n) is 5.80. The number of amides is 1. The Hall–Kier alpha value is -1.88. The van der Waals surface area contributed by atoms with E-state index in [1.165, 1.54) is 0 Å². The Kier molecular flexibility index (Phi) is 3.62. The van der Waals surface area contributed by atoms with Gasteiger partial charge in [0.15, 0.2) is 5.60 Å². The summed E-state index contributed by atoms with van der Waals surface area (Å²) < 4.78 is 5.05. The van der Waals surface area contributed by atoms with Gasteiger partial charge in [-0.1, -0.05) is 30.3 Å². The maximum Gasteiger partial charge on any atom is 0.306 e. The molecule has 0 saturated carbocycles. The SMILES string of the molecule is O=C(CC[C@]1(O)CNC1=O)OCc1ccccc1. The molecule has 96 valence electrons. The van der Waals surface area contributed by atoms with Crippen molar-refractivity contribution in [3.05, 3.63) is 35.9 Å². The summed E-state index contributed by atoms with van der Waals surface area (Å²) in [6.45, 7) is 0.419. The third kappa shape index (κ3) is 2.87. The molecular weight excluding hydrogens is 234 g/mol. The van der Waals surface area contributed by atoms with Gasteiger partial charge in [-0.05, 0) is 12.0 Å². The number of nitrogens with one attached hydrogen (secondary N) is 1. The summed E-state index contributed by atoms with van der Waals surface area (Å²) in [7, 11) is 0. The molecule has 0 aliphatic carbocycles. The fourth-order valence-corrected chi connectivity index (χ4v) is 1.69. The number of aliphatic hydroxyl groups is 1. The molecule has 1 aromatic rings. The first-order chi connectivity index (χ1) is 8.60. The number of benzene rings is 1. The number of β-lactam (4-membered cyclic amide) rings is 1. The van der Waals surface area contributed by atoms with Gasteiger partial charge in [0.2, 0.25) is 0 Å². The summed E-state index contributed by atoms with van der Waals surface area (Å²) >= 11 is 0. The Morgan fingerprint density at radius 3 is 2.67 bits per heavy atom. The largest absolute Gasteiger partial charge is 0.461 e. The summed E-state index contributed by atoms with van der Waals surface area (Å²) in [6.07, 6.45) is 0.142. The number of carbonyl (C=O) groups excluding carboxylic acids is 2. The predicted octanol–water partition coefficient (Wildman–Crippen LogP) is 0.371. The van der Waals surface area contributed by atoms with Crippen LogP contribution >= 0.6 is 0 Å². The average Bonchev–Trinajstić information content (AvgIpc) is 2.42. The molecule has 1 aromatic carbocycles. The van der Waals surface area contributed by atoms with Crippen molar-refractivity contribution in [1.82, 2.24) is 5.32 Å². The van der Waals surface area contributed by atoms with Gasteiger partial charge in [0.05, 0.1) is 6.54 Å². The van der Waals surface area contributed by atoms with Crippen LogP contribution < -0.4 is 5.32 Å². The number of hydrogen-bond acceptors (Lipinski definition) is 4. The standard InChI is InChI=1S/C13H15NO4/c15-11(6-7-13(17)9-14-12(13)16)18-8-10-4-2-1-3-5-10/h1-5,17H,6-9H2,(H,14,16)/t13-/m0/s1. The number of rotatable bonds is 5. The van der Waals surface area contributed by atoms with Crippen molar-refractivity contribution in [2.75, 3.05) is 6.54 Å². The van der Waals surface area contributed by atoms with Crippen molar-refractivity contribution in [3.8, 4) is 0 Å². The van der Waals surface area contributed by atoms with Crippen LogP contribution in [-0.2, 0) is 20.9 Å². The molecule has 1 amide bonds. The Morgan fingerprint density at radius 2 is 2.11 bits per heavy atom. The molecular formula is C13H15NO4. The summed E-state index contributed by atoms with van der Waals surface area (Å²) in [4.78, 5) is 22.5. The lowest BCUT2D eigenvalue weighted by atomic mass is 9.90. The molecule has 0 unspecified atom stereocenters. The molecule has 1 aliphatic rings. The minimum atomic E-state index is -1.38. The first kappa shape index (κ1) is 12.6. The lowest BCUT2D eigenvalue weighted by Gasteiger charge is -2.35. The van der Waals surface area contributed by atoms with E-state index in [1.807, 2.05) is 30.3 Å². The van der Waals surface area contributed by atoms with Crippen LogP contribution in [0.3, 0.4) is 0 Å². The molecule has 1 atom stereocenters. The van der Waals surface area contributed by atoms with Gasteiger partial charge in [0.1, 0.15) is 6.61 Å². The van der Waals surface area contributed by atoms with Crippen molar-refractivity contribution >= 4 is 11.9 Å². The zero-order valence-electron chi connectivity index (χ0n) is 9.89. The van der Waals surface area contributed by atoms with Gasteiger partial charge < -0.3 is 15.2 Å². The van der Waals surface area contributed by atoms with E-state index in [9.17, 15) is 14.7 Å². The minimum absolute atomic E-state index is 0.0384. The van der Waals surface area contributed by atoms with E-state index >= 15 is 0 Å². The number of β-amino-alcohol motifs (C(OH)–C–C–N with tert-alkyl or cyclic N) is 1. The second-order valence-corrected chi connectivity index (χ2v) is 4.36. The quantitative estimate of drug-likeness (QED) is 0.584. The Morgan fingerprint density at radius 1 is 1.39 bits per heavy atom. The van der Waals surface area contributed by atoms with E-state index in [2.05, 4.69) is 5.32 Å². The molecule has 1 aliphatic heterocycles. The van der Waals surface area contributed by atoms with E-state index in [0.717, 1.165) is 5.56 Å². The first-order valence-corrected chi connectivity index (χ1v) is 5.80. The highest BCUT2D eigenvalue weighted by Crippen LogP contribution is 2.19. The predicted molar refractivity (Wildman–Crippen MR) is 63.4 cm³/mol. The highest BCUT2D eigenvalue weighted by atomic mass is 16.5. The van der Waals surface area contributed by atoms with Crippen LogP contribution in [0.2, 0.25) is 0 Å². The van der Waals surface area contributed by atoms with Gasteiger partial charge in [-0.15, -0.1) is 0 Å². The molecule has 18 heavy (non-hydrogen) atoms. The fourth-order valence-electron chi connectivity index (χ4n) is 1.69. The van der Waals surface area contributed by atoms with E-state index < -0.39 is 17.5 Å². The molecule has 2 N–H and O–H groups in total. The second kappa shape index (κ2) is 5.18. The van der Waals surface area contributed by atoms with Gasteiger partial charge in [-0.25, -0.2) is 0 Å². The Balaban J connectivity index is 1.71. The van der Waals surface area contributed by atoms with Crippen LogP contribution in [0.15, 0.2) is 30.3 Å². The van der Waals surface area contributed by atoms with Crippen LogP contribution in [0.1, 0.15) is 18.4 Å². The van der Waals surface area contributed by atoms with Crippen molar-refractivity contribution < 1.29 is 19.4 Å². The van der Waals surface area contributed by atoms with E-state index in [0.29, 0.717) is 0 Å². The second-order valence-electron chi connectivity index (χ2n) is 4.36. The summed E-state index contributed by atoms with van der Waals surface area (Å²) in [5, 5.41) is 12.1. The number of ether oxygens (including phenoxy) is 1. The monoisotopic (exact) mass is 249 g/mol. The Labute approximate surface area is 105 Å². The summed E-state index contributed by atoms with van der Waals surface area (Å²) in [6, 6.07) is 9.34. The molecule has 0 aromatic heterocycles. The van der Waals surface area contributed by atoms with Crippen molar-refractivity contribution in [3.63, 3.8) is 0 Å². The van der Waals surface area contributed by atoms with Crippen LogP contribution in [0.25, 0.3) is 0 Å². The topological polar surface area (TPSA) is 75.6 Å². The molecule has 0 radical (unpaired) electrons. The van der Waals surface area contributed by atoms with Crippen LogP contribution in [0.5, 0.6) is 0 Å². The zero-order valence-corrected chi connectivity index (χ0v) is 9.89. The fraction of sp³-hybridized carbons (Fsp3) is 0.385. The van der Waals surface area contributed by atoms with Crippen molar-refractivity contribution in [2.45, 2.75) is 25.0 Å². The van der Waals surface area contributed by atoms with Crippen molar-refractivity contribution in [2.24, 2.45) is 0 Å². The summed E-state index contributed by atoms with van der Waals surface area (Å²) in [5.41, 5.74) is -0.475. The van der Waals surface area contributed by atoms with Crippen LogP contribution in [0.4, 0.5) is 0 Å². The summed E-state index contributed by atoms with van der Waals surface area (Å²) in [5.74, 6) is -0.828. The molecule has 1 fully saturated rings. The number of esters is 1. The minimum Gasteiger partial charge on any atom is -0.461 e. The third-order valence-corrected chi connectivity index (χ3v) is 2.95. The lowest BCUT2D eigenvalue weighted by Crippen LogP contribution is -2.64. The molecule has 5 heteroatoms. The van der Waals surface area contributed by atoms with Gasteiger partial charge >= 0.3 is 5.97 Å². The third-order valence-electron chi connectivity index (χ3n) is 2.95. The lowest BCUT2D eigenvalue weighted by molar-refractivity contribution is -0.156. The Bertz CT molecular complexity index is 446. The van der Waals surface area contributed by atoms with E-state index in [1.54, 1.807) is 0 Å². The van der Waals surface area contributed by atoms with Gasteiger partial charge in [-0.3, -0.25) is 9.59 Å². The smallest absolute Gasteiger partial charge is 0.306 e. The molecule has 2 rings (SSSR count). The van der Waals surface area contributed by atoms with E-state index in [-0.39, 0.29) is 26.0 Å². The molecule has 0 bridgehead atoms. The van der Waals surface area contributed by atoms with Crippen LogP contribution in [0, 0.1) is 0 Å². The van der Waals surface area contributed by atoms with Gasteiger partial charge in [-0.2, -0.15) is 0 Å². The highest BCUT2D eigenvalue weighted by molar-refractivity contribution is 5.91. The molecule has 1 heterocycles. The highest BCUT2D eigenvalue weighted by Gasteiger charge is 2.44. The number of hydrogen-bond donors (Lipinski definition) is 2.